The summed E-state index contributed by atoms with van der Waals surface area (Å²) in [5.41, 5.74) is 4.53. The highest BCUT2D eigenvalue weighted by Crippen LogP contribution is 2.29. The fourth-order valence-corrected chi connectivity index (χ4v) is 2.12. The van der Waals surface area contributed by atoms with Crippen molar-refractivity contribution in [1.29, 1.82) is 0 Å². The van der Waals surface area contributed by atoms with Crippen LogP contribution < -0.4 is 10.5 Å². The summed E-state index contributed by atoms with van der Waals surface area (Å²) < 4.78 is 61.9. The molecule has 3 N–H and O–H groups in total. The molecule has 18 heavy (non-hydrogen) atoms. The molecule has 0 atom stereocenters. The van der Waals surface area contributed by atoms with Gasteiger partial charge in [0.25, 0.3) is 0 Å². The largest absolute Gasteiger partial charge is 0.416 e. The van der Waals surface area contributed by atoms with E-state index < -0.39 is 21.8 Å². The van der Waals surface area contributed by atoms with Gasteiger partial charge in [-0.15, -0.1) is 0 Å². The van der Waals surface area contributed by atoms with Crippen molar-refractivity contribution in [3.8, 4) is 0 Å². The van der Waals surface area contributed by atoms with E-state index >= 15 is 0 Å². The van der Waals surface area contributed by atoms with Crippen LogP contribution in [0.2, 0.25) is 0 Å². The van der Waals surface area contributed by atoms with E-state index in [4.69, 9.17) is 5.73 Å². The molecule has 0 bridgehead atoms. The first-order valence-electron chi connectivity index (χ1n) is 5.08. The second-order valence-corrected chi connectivity index (χ2v) is 5.55. The monoisotopic (exact) mass is 282 g/mol. The molecule has 0 spiro atoms. The van der Waals surface area contributed by atoms with Crippen molar-refractivity contribution in [2.24, 2.45) is 5.73 Å². The molecule has 1 aromatic rings. The molecular formula is C10H13F3N2O2S. The highest BCUT2D eigenvalue weighted by molar-refractivity contribution is 7.89. The van der Waals surface area contributed by atoms with E-state index in [1.807, 2.05) is 0 Å². The van der Waals surface area contributed by atoms with Crippen LogP contribution in [0, 0.1) is 0 Å². The number of alkyl halides is 3. The molecule has 0 saturated heterocycles. The van der Waals surface area contributed by atoms with Crippen LogP contribution in [0.25, 0.3) is 0 Å². The zero-order chi connectivity index (χ0) is 13.8. The first kappa shape index (κ1) is 14.9. The van der Waals surface area contributed by atoms with E-state index in [9.17, 15) is 21.6 Å². The van der Waals surface area contributed by atoms with Crippen molar-refractivity contribution in [2.45, 2.75) is 12.7 Å². The average Bonchev–Trinajstić information content (AvgIpc) is 2.26. The lowest BCUT2D eigenvalue weighted by molar-refractivity contribution is -0.137. The summed E-state index contributed by atoms with van der Waals surface area (Å²) in [6, 6.07) is 4.48. The summed E-state index contributed by atoms with van der Waals surface area (Å²) in [6.07, 6.45) is -4.44. The predicted octanol–water partition coefficient (Wildman–Crippen LogP) is 1.08. The fourth-order valence-electron chi connectivity index (χ4n) is 1.28. The number of hydrogen-bond donors (Lipinski definition) is 2. The molecule has 0 aliphatic heterocycles. The highest BCUT2D eigenvalue weighted by atomic mass is 32.2. The minimum absolute atomic E-state index is 0.0437. The van der Waals surface area contributed by atoms with Gasteiger partial charge in [0.2, 0.25) is 10.0 Å². The maximum absolute atomic E-state index is 12.4. The van der Waals surface area contributed by atoms with Crippen LogP contribution in [0.1, 0.15) is 11.1 Å². The molecule has 0 aliphatic carbocycles. The van der Waals surface area contributed by atoms with Crippen LogP contribution in [0.15, 0.2) is 24.3 Å². The molecule has 0 unspecified atom stereocenters. The van der Waals surface area contributed by atoms with Gasteiger partial charge in [0, 0.05) is 13.1 Å². The second-order valence-electron chi connectivity index (χ2n) is 3.63. The third-order valence-electron chi connectivity index (χ3n) is 2.14. The zero-order valence-corrected chi connectivity index (χ0v) is 10.2. The van der Waals surface area contributed by atoms with Gasteiger partial charge >= 0.3 is 6.18 Å². The van der Waals surface area contributed by atoms with Crippen molar-refractivity contribution in [2.75, 3.05) is 12.3 Å². The molecular weight excluding hydrogens is 269 g/mol. The van der Waals surface area contributed by atoms with E-state index in [1.165, 1.54) is 12.1 Å². The Morgan fingerprint density at radius 3 is 2.50 bits per heavy atom. The molecule has 0 radical (unpaired) electrons. The van der Waals surface area contributed by atoms with Crippen molar-refractivity contribution in [3.05, 3.63) is 35.4 Å². The van der Waals surface area contributed by atoms with Crippen molar-refractivity contribution >= 4 is 10.0 Å². The third kappa shape index (κ3) is 4.63. The summed E-state index contributed by atoms with van der Waals surface area (Å²) in [5.74, 6) is -0.258. The number of benzene rings is 1. The molecule has 102 valence electrons. The molecule has 0 fully saturated rings. The lowest BCUT2D eigenvalue weighted by Crippen LogP contribution is -2.29. The Morgan fingerprint density at radius 2 is 1.94 bits per heavy atom. The van der Waals surface area contributed by atoms with Crippen molar-refractivity contribution in [3.63, 3.8) is 0 Å². The Morgan fingerprint density at radius 1 is 1.28 bits per heavy atom. The minimum Gasteiger partial charge on any atom is -0.329 e. The van der Waals surface area contributed by atoms with Gasteiger partial charge in [-0.25, -0.2) is 13.1 Å². The van der Waals surface area contributed by atoms with Gasteiger partial charge in [-0.3, -0.25) is 0 Å². The Labute approximate surface area is 103 Å². The Balaban J connectivity index is 2.75. The van der Waals surface area contributed by atoms with Crippen LogP contribution in [0.4, 0.5) is 13.2 Å². The average molecular weight is 282 g/mol. The lowest BCUT2D eigenvalue weighted by Gasteiger charge is -2.09. The summed E-state index contributed by atoms with van der Waals surface area (Å²) in [7, 11) is -3.53. The van der Waals surface area contributed by atoms with Gasteiger partial charge in [-0.1, -0.05) is 18.2 Å². The van der Waals surface area contributed by atoms with E-state index in [0.717, 1.165) is 12.1 Å². The van der Waals surface area contributed by atoms with Gasteiger partial charge in [0.1, 0.15) is 0 Å². The van der Waals surface area contributed by atoms with Gasteiger partial charge in [-0.2, -0.15) is 13.2 Å². The first-order valence-corrected chi connectivity index (χ1v) is 6.73. The van der Waals surface area contributed by atoms with E-state index in [1.54, 1.807) is 0 Å². The highest BCUT2D eigenvalue weighted by Gasteiger charge is 2.30. The van der Waals surface area contributed by atoms with Crippen LogP contribution in [0.3, 0.4) is 0 Å². The molecule has 0 aliphatic rings. The van der Waals surface area contributed by atoms with Crippen LogP contribution >= 0.6 is 0 Å². The SMILES string of the molecule is NCCS(=O)(=O)NCc1cccc(C(F)(F)F)c1. The molecule has 1 aromatic carbocycles. The molecule has 0 heterocycles. The summed E-state index contributed by atoms with van der Waals surface area (Å²) in [4.78, 5) is 0. The number of hydrogen-bond acceptors (Lipinski definition) is 3. The number of nitrogens with one attached hydrogen (secondary N) is 1. The summed E-state index contributed by atoms with van der Waals surface area (Å²) in [5, 5.41) is 0. The predicted molar refractivity (Wildman–Crippen MR) is 61.1 cm³/mol. The Kier molecular flexibility index (Phi) is 4.71. The quantitative estimate of drug-likeness (QED) is 0.849. The Hall–Kier alpha value is -1.12. The Bertz CT molecular complexity index is 500. The van der Waals surface area contributed by atoms with Gasteiger partial charge in [-0.05, 0) is 11.6 Å². The van der Waals surface area contributed by atoms with Crippen LogP contribution in [0.5, 0.6) is 0 Å². The number of rotatable bonds is 5. The maximum Gasteiger partial charge on any atom is 0.416 e. The van der Waals surface area contributed by atoms with Crippen molar-refractivity contribution in [1.82, 2.24) is 4.72 Å². The van der Waals surface area contributed by atoms with Gasteiger partial charge in [0.15, 0.2) is 0 Å². The second kappa shape index (κ2) is 5.68. The molecule has 0 saturated carbocycles. The molecule has 1 rings (SSSR count). The molecule has 0 aromatic heterocycles. The van der Waals surface area contributed by atoms with Crippen LogP contribution in [-0.2, 0) is 22.7 Å². The normalized spacial score (nSPS) is 12.7. The van der Waals surface area contributed by atoms with E-state index in [0.29, 0.717) is 0 Å². The smallest absolute Gasteiger partial charge is 0.329 e. The van der Waals surface area contributed by atoms with Crippen LogP contribution in [-0.4, -0.2) is 20.7 Å². The fraction of sp³-hybridized carbons (Fsp3) is 0.400. The lowest BCUT2D eigenvalue weighted by atomic mass is 10.1. The van der Waals surface area contributed by atoms with Gasteiger partial charge in [0.05, 0.1) is 11.3 Å². The number of sulfonamides is 1. The van der Waals surface area contributed by atoms with E-state index in [2.05, 4.69) is 4.72 Å². The number of halogens is 3. The molecule has 0 amide bonds. The summed E-state index contributed by atoms with van der Waals surface area (Å²) >= 11 is 0. The number of nitrogens with two attached hydrogens (primary N) is 1. The maximum atomic E-state index is 12.4. The molecule has 4 nitrogen and oxygen atoms in total. The van der Waals surface area contributed by atoms with Gasteiger partial charge < -0.3 is 5.73 Å². The van der Waals surface area contributed by atoms with E-state index in [-0.39, 0.29) is 24.4 Å². The standard InChI is InChI=1S/C10H13F3N2O2S/c11-10(12,13)9-3-1-2-8(6-9)7-15-18(16,17)5-4-14/h1-3,6,15H,4-5,7,14H2. The third-order valence-corrected chi connectivity index (χ3v) is 3.49. The minimum atomic E-state index is -4.44. The zero-order valence-electron chi connectivity index (χ0n) is 9.37. The van der Waals surface area contributed by atoms with Crippen molar-refractivity contribution < 1.29 is 21.6 Å². The first-order chi connectivity index (χ1) is 8.24. The topological polar surface area (TPSA) is 72.2 Å². The summed E-state index contributed by atoms with van der Waals surface area (Å²) in [6.45, 7) is -0.232. The molecule has 8 heteroatoms.